The SMILES string of the molecule is O=c1[nH]c(=O)n(Cc2c(F)cccc2C(F)(F)F)c(CBr)c1Br. The Morgan fingerprint density at radius 2 is 1.87 bits per heavy atom. The van der Waals surface area contributed by atoms with Crippen LogP contribution in [0.2, 0.25) is 0 Å². The minimum Gasteiger partial charge on any atom is -0.291 e. The Labute approximate surface area is 143 Å². The van der Waals surface area contributed by atoms with Crippen molar-refractivity contribution in [1.82, 2.24) is 9.55 Å². The number of aromatic amines is 1. The topological polar surface area (TPSA) is 54.9 Å². The Kier molecular flexibility index (Phi) is 5.14. The molecule has 23 heavy (non-hydrogen) atoms. The van der Waals surface area contributed by atoms with Gasteiger partial charge in [0.1, 0.15) is 10.3 Å². The molecular formula is C13H8Br2F4N2O2. The van der Waals surface area contributed by atoms with Gasteiger partial charge in [-0.2, -0.15) is 13.2 Å². The number of aromatic nitrogens is 2. The summed E-state index contributed by atoms with van der Waals surface area (Å²) < 4.78 is 53.8. The zero-order chi connectivity index (χ0) is 17.4. The van der Waals surface area contributed by atoms with Crippen molar-refractivity contribution in [2.75, 3.05) is 0 Å². The molecule has 0 fully saturated rings. The molecule has 0 aliphatic rings. The van der Waals surface area contributed by atoms with Crippen LogP contribution in [0.25, 0.3) is 0 Å². The second-order valence-electron chi connectivity index (χ2n) is 4.50. The monoisotopic (exact) mass is 458 g/mol. The number of rotatable bonds is 3. The van der Waals surface area contributed by atoms with Crippen LogP contribution in [0.4, 0.5) is 17.6 Å². The fourth-order valence-electron chi connectivity index (χ4n) is 2.03. The molecule has 0 aliphatic heterocycles. The van der Waals surface area contributed by atoms with Gasteiger partial charge in [-0.05, 0) is 28.1 Å². The average Bonchev–Trinajstić information content (AvgIpc) is 2.45. The smallest absolute Gasteiger partial charge is 0.291 e. The van der Waals surface area contributed by atoms with Crippen molar-refractivity contribution in [2.24, 2.45) is 0 Å². The van der Waals surface area contributed by atoms with Crippen LogP contribution < -0.4 is 11.2 Å². The lowest BCUT2D eigenvalue weighted by Gasteiger charge is -2.17. The van der Waals surface area contributed by atoms with Crippen molar-refractivity contribution in [3.8, 4) is 0 Å². The molecule has 0 amide bonds. The van der Waals surface area contributed by atoms with E-state index in [1.54, 1.807) is 0 Å². The fourth-order valence-corrected chi connectivity index (χ4v) is 3.45. The van der Waals surface area contributed by atoms with Gasteiger partial charge in [0.2, 0.25) is 0 Å². The van der Waals surface area contributed by atoms with E-state index in [-0.39, 0.29) is 15.5 Å². The summed E-state index contributed by atoms with van der Waals surface area (Å²) in [4.78, 5) is 25.4. The van der Waals surface area contributed by atoms with Gasteiger partial charge in [-0.3, -0.25) is 14.3 Å². The van der Waals surface area contributed by atoms with E-state index in [9.17, 15) is 27.2 Å². The molecule has 1 heterocycles. The second-order valence-corrected chi connectivity index (χ2v) is 5.86. The highest BCUT2D eigenvalue weighted by Gasteiger charge is 2.34. The lowest BCUT2D eigenvalue weighted by Crippen LogP contribution is -2.34. The summed E-state index contributed by atoms with van der Waals surface area (Å²) in [6, 6.07) is 2.56. The predicted octanol–water partition coefficient (Wildman–Crippen LogP) is 3.40. The minimum atomic E-state index is -4.77. The van der Waals surface area contributed by atoms with Gasteiger partial charge in [0.25, 0.3) is 5.56 Å². The van der Waals surface area contributed by atoms with Crippen molar-refractivity contribution < 1.29 is 17.6 Å². The molecule has 2 aromatic rings. The number of benzene rings is 1. The first-order valence-corrected chi connectivity index (χ1v) is 8.00. The number of halogens is 6. The number of alkyl halides is 4. The highest BCUT2D eigenvalue weighted by atomic mass is 79.9. The molecule has 4 nitrogen and oxygen atoms in total. The van der Waals surface area contributed by atoms with Crippen molar-refractivity contribution in [3.05, 3.63) is 66.1 Å². The van der Waals surface area contributed by atoms with E-state index in [0.29, 0.717) is 0 Å². The van der Waals surface area contributed by atoms with E-state index in [4.69, 9.17) is 0 Å². The largest absolute Gasteiger partial charge is 0.416 e. The lowest BCUT2D eigenvalue weighted by molar-refractivity contribution is -0.138. The van der Waals surface area contributed by atoms with Crippen LogP contribution in [0.5, 0.6) is 0 Å². The second kappa shape index (κ2) is 6.60. The lowest BCUT2D eigenvalue weighted by atomic mass is 10.1. The van der Waals surface area contributed by atoms with Crippen LogP contribution in [0.1, 0.15) is 16.8 Å². The van der Waals surface area contributed by atoms with Crippen LogP contribution in [0.15, 0.2) is 32.3 Å². The van der Waals surface area contributed by atoms with Crippen molar-refractivity contribution in [2.45, 2.75) is 18.1 Å². The minimum absolute atomic E-state index is 0.0149. The third-order valence-electron chi connectivity index (χ3n) is 3.11. The summed E-state index contributed by atoms with van der Waals surface area (Å²) in [5.41, 5.74) is -3.39. The van der Waals surface area contributed by atoms with Crippen LogP contribution in [0.3, 0.4) is 0 Å². The maximum Gasteiger partial charge on any atom is 0.416 e. The Balaban J connectivity index is 2.69. The summed E-state index contributed by atoms with van der Waals surface area (Å²) >= 11 is 6.02. The van der Waals surface area contributed by atoms with E-state index >= 15 is 0 Å². The summed E-state index contributed by atoms with van der Waals surface area (Å²) in [5.74, 6) is -1.09. The normalized spacial score (nSPS) is 11.7. The average molecular weight is 460 g/mol. The molecule has 1 N–H and O–H groups in total. The third kappa shape index (κ3) is 3.57. The summed E-state index contributed by atoms with van der Waals surface area (Å²) in [7, 11) is 0. The molecule has 0 saturated carbocycles. The van der Waals surface area contributed by atoms with Gasteiger partial charge in [-0.15, -0.1) is 0 Å². The summed E-state index contributed by atoms with van der Waals surface area (Å²) in [6.07, 6.45) is -4.77. The molecular weight excluding hydrogens is 452 g/mol. The highest BCUT2D eigenvalue weighted by molar-refractivity contribution is 9.10. The quantitative estimate of drug-likeness (QED) is 0.565. The van der Waals surface area contributed by atoms with Crippen LogP contribution in [-0.2, 0) is 18.1 Å². The zero-order valence-corrected chi connectivity index (χ0v) is 14.3. The number of nitrogens with zero attached hydrogens (tertiary/aromatic N) is 1. The number of nitrogens with one attached hydrogen (secondary N) is 1. The van der Waals surface area contributed by atoms with Gasteiger partial charge >= 0.3 is 11.9 Å². The van der Waals surface area contributed by atoms with Crippen LogP contribution in [0, 0.1) is 5.82 Å². The maximum atomic E-state index is 13.9. The van der Waals surface area contributed by atoms with Gasteiger partial charge in [0.05, 0.1) is 17.8 Å². The van der Waals surface area contributed by atoms with Crippen LogP contribution >= 0.6 is 31.9 Å². The molecule has 0 spiro atoms. The standard InChI is InChI=1S/C13H8Br2F4N2O2/c14-4-9-10(15)11(22)20-12(23)21(9)5-6-7(13(17,18)19)2-1-3-8(6)16/h1-3H,4-5H2,(H,20,22,23). The van der Waals surface area contributed by atoms with Crippen LogP contribution in [-0.4, -0.2) is 9.55 Å². The first kappa shape index (κ1) is 17.9. The van der Waals surface area contributed by atoms with Gasteiger partial charge in [0.15, 0.2) is 0 Å². The maximum absolute atomic E-state index is 13.9. The number of hydrogen-bond donors (Lipinski definition) is 1. The molecule has 0 bridgehead atoms. The number of hydrogen-bond acceptors (Lipinski definition) is 2. The molecule has 1 aromatic carbocycles. The molecule has 2 rings (SSSR count). The molecule has 124 valence electrons. The predicted molar refractivity (Wildman–Crippen MR) is 82.2 cm³/mol. The number of H-pyrrole nitrogens is 1. The van der Waals surface area contributed by atoms with Gasteiger partial charge in [-0.25, -0.2) is 9.18 Å². The Hall–Kier alpha value is -1.42. The molecule has 0 saturated heterocycles. The third-order valence-corrected chi connectivity index (χ3v) is 4.46. The first-order chi connectivity index (χ1) is 10.7. The van der Waals surface area contributed by atoms with Crippen molar-refractivity contribution in [1.29, 1.82) is 0 Å². The van der Waals surface area contributed by atoms with E-state index < -0.39 is 40.9 Å². The molecule has 0 atom stereocenters. The van der Waals surface area contributed by atoms with E-state index in [1.807, 2.05) is 4.98 Å². The van der Waals surface area contributed by atoms with Gasteiger partial charge < -0.3 is 0 Å². The highest BCUT2D eigenvalue weighted by Crippen LogP contribution is 2.33. The van der Waals surface area contributed by atoms with Crippen molar-refractivity contribution >= 4 is 31.9 Å². The first-order valence-electron chi connectivity index (χ1n) is 6.08. The fraction of sp³-hybridized carbons (Fsp3) is 0.231. The Morgan fingerprint density at radius 3 is 2.43 bits per heavy atom. The molecule has 1 aromatic heterocycles. The molecule has 0 unspecified atom stereocenters. The van der Waals surface area contributed by atoms with E-state index in [2.05, 4.69) is 31.9 Å². The van der Waals surface area contributed by atoms with E-state index in [1.165, 1.54) is 0 Å². The molecule has 0 radical (unpaired) electrons. The van der Waals surface area contributed by atoms with Crippen molar-refractivity contribution in [3.63, 3.8) is 0 Å². The Bertz CT molecular complexity index is 859. The zero-order valence-electron chi connectivity index (χ0n) is 11.2. The van der Waals surface area contributed by atoms with E-state index in [0.717, 1.165) is 22.8 Å². The summed E-state index contributed by atoms with van der Waals surface area (Å²) in [6.45, 7) is -0.670. The molecule has 10 heteroatoms. The Morgan fingerprint density at radius 1 is 1.22 bits per heavy atom. The van der Waals surface area contributed by atoms with Gasteiger partial charge in [-0.1, -0.05) is 22.0 Å². The van der Waals surface area contributed by atoms with Gasteiger partial charge in [0, 0.05) is 10.9 Å². The summed E-state index contributed by atoms with van der Waals surface area (Å²) in [5, 5.41) is 0.0164. The molecule has 0 aliphatic carbocycles.